The predicted molar refractivity (Wildman–Crippen MR) is 65.2 cm³/mol. The number of nitrogens with zero attached hydrogens (tertiary/aromatic N) is 1. The molecule has 0 radical (unpaired) electrons. The summed E-state index contributed by atoms with van der Waals surface area (Å²) in [6.45, 7) is 2.15. The zero-order chi connectivity index (χ0) is 12.0. The molecule has 1 saturated carbocycles. The average Bonchev–Trinajstić information content (AvgIpc) is 2.29. The molecule has 1 fully saturated rings. The molecule has 16 heavy (non-hydrogen) atoms. The summed E-state index contributed by atoms with van der Waals surface area (Å²) < 4.78 is 0. The van der Waals surface area contributed by atoms with E-state index in [0.717, 1.165) is 44.9 Å². The van der Waals surface area contributed by atoms with Gasteiger partial charge in [-0.2, -0.15) is 0 Å². The largest absolute Gasteiger partial charge is 0.393 e. The number of hydrogen-bond donors (Lipinski definition) is 1. The van der Waals surface area contributed by atoms with E-state index in [9.17, 15) is 9.90 Å². The summed E-state index contributed by atoms with van der Waals surface area (Å²) in [6.07, 6.45) is 7.46. The van der Waals surface area contributed by atoms with Gasteiger partial charge in [0.05, 0.1) is 6.10 Å². The molecule has 1 aliphatic rings. The summed E-state index contributed by atoms with van der Waals surface area (Å²) in [5.41, 5.74) is 0. The molecule has 0 unspecified atom stereocenters. The Balaban J connectivity index is 2.27. The third-order valence-corrected chi connectivity index (χ3v) is 3.60. The van der Waals surface area contributed by atoms with Crippen molar-refractivity contribution in [2.45, 2.75) is 70.4 Å². The van der Waals surface area contributed by atoms with Gasteiger partial charge in [0.25, 0.3) is 0 Å². The lowest BCUT2D eigenvalue weighted by molar-refractivity contribution is -0.133. The second-order valence-corrected chi connectivity index (χ2v) is 4.92. The summed E-state index contributed by atoms with van der Waals surface area (Å²) in [4.78, 5) is 13.8. The lowest BCUT2D eigenvalue weighted by atomic mass is 9.92. The maximum atomic E-state index is 11.9. The van der Waals surface area contributed by atoms with Gasteiger partial charge in [0.1, 0.15) is 0 Å². The van der Waals surface area contributed by atoms with Crippen LogP contribution < -0.4 is 0 Å². The van der Waals surface area contributed by atoms with E-state index in [1.807, 2.05) is 11.9 Å². The summed E-state index contributed by atoms with van der Waals surface area (Å²) in [6, 6.07) is 0.359. The van der Waals surface area contributed by atoms with Crippen molar-refractivity contribution < 1.29 is 9.90 Å². The highest BCUT2D eigenvalue weighted by Crippen LogP contribution is 2.22. The van der Waals surface area contributed by atoms with E-state index in [1.165, 1.54) is 0 Å². The van der Waals surface area contributed by atoms with Gasteiger partial charge >= 0.3 is 0 Å². The summed E-state index contributed by atoms with van der Waals surface area (Å²) in [7, 11) is 1.91. The summed E-state index contributed by atoms with van der Waals surface area (Å²) >= 11 is 0. The predicted octanol–water partition coefficient (Wildman–Crippen LogP) is 2.33. The van der Waals surface area contributed by atoms with Gasteiger partial charge in [-0.15, -0.1) is 0 Å². The fourth-order valence-corrected chi connectivity index (χ4v) is 2.35. The highest BCUT2D eigenvalue weighted by Gasteiger charge is 2.24. The van der Waals surface area contributed by atoms with Crippen molar-refractivity contribution in [2.24, 2.45) is 0 Å². The zero-order valence-corrected chi connectivity index (χ0v) is 10.6. The standard InChI is InChI=1S/C13H25NO2/c1-3-4-5-6-13(16)14(2)11-7-9-12(15)10-8-11/h11-12,15H,3-10H2,1-2H3. The maximum absolute atomic E-state index is 11.9. The molecular formula is C13H25NO2. The molecule has 0 aliphatic heterocycles. The van der Waals surface area contributed by atoms with E-state index in [-0.39, 0.29) is 12.0 Å². The number of carbonyl (C=O) groups excluding carboxylic acids is 1. The van der Waals surface area contributed by atoms with E-state index in [0.29, 0.717) is 12.5 Å². The van der Waals surface area contributed by atoms with Gasteiger partial charge in [0, 0.05) is 19.5 Å². The molecule has 0 aromatic heterocycles. The van der Waals surface area contributed by atoms with Crippen LogP contribution in [0.2, 0.25) is 0 Å². The van der Waals surface area contributed by atoms with Crippen LogP contribution in [0.3, 0.4) is 0 Å². The Hall–Kier alpha value is -0.570. The van der Waals surface area contributed by atoms with Gasteiger partial charge in [-0.1, -0.05) is 19.8 Å². The number of carbonyl (C=O) groups is 1. The smallest absolute Gasteiger partial charge is 0.222 e. The Morgan fingerprint density at radius 1 is 1.25 bits per heavy atom. The van der Waals surface area contributed by atoms with Crippen molar-refractivity contribution in [3.8, 4) is 0 Å². The minimum Gasteiger partial charge on any atom is -0.393 e. The Bertz CT molecular complexity index is 210. The Labute approximate surface area is 98.8 Å². The van der Waals surface area contributed by atoms with Crippen LogP contribution in [0.25, 0.3) is 0 Å². The van der Waals surface area contributed by atoms with Crippen molar-refractivity contribution in [3.05, 3.63) is 0 Å². The molecule has 3 nitrogen and oxygen atoms in total. The van der Waals surface area contributed by atoms with Gasteiger partial charge in [0.15, 0.2) is 0 Å². The number of aliphatic hydroxyl groups excluding tert-OH is 1. The SMILES string of the molecule is CCCCCC(=O)N(C)C1CCC(O)CC1. The fourth-order valence-electron chi connectivity index (χ4n) is 2.35. The van der Waals surface area contributed by atoms with E-state index in [2.05, 4.69) is 6.92 Å². The Morgan fingerprint density at radius 2 is 1.88 bits per heavy atom. The summed E-state index contributed by atoms with van der Waals surface area (Å²) in [5, 5.41) is 9.42. The normalized spacial score (nSPS) is 25.4. The Kier molecular flexibility index (Phi) is 5.81. The molecule has 1 rings (SSSR count). The third kappa shape index (κ3) is 4.12. The number of aliphatic hydroxyl groups is 1. The highest BCUT2D eigenvalue weighted by atomic mass is 16.3. The van der Waals surface area contributed by atoms with Gasteiger partial charge in [-0.05, 0) is 32.1 Å². The first-order valence-corrected chi connectivity index (χ1v) is 6.58. The van der Waals surface area contributed by atoms with E-state index in [1.54, 1.807) is 0 Å². The quantitative estimate of drug-likeness (QED) is 0.732. The average molecular weight is 227 g/mol. The molecule has 0 bridgehead atoms. The van der Waals surface area contributed by atoms with Gasteiger partial charge < -0.3 is 10.0 Å². The number of rotatable bonds is 5. The van der Waals surface area contributed by atoms with Crippen LogP contribution in [0.4, 0.5) is 0 Å². The van der Waals surface area contributed by atoms with E-state index >= 15 is 0 Å². The molecule has 0 spiro atoms. The molecule has 1 N–H and O–H groups in total. The van der Waals surface area contributed by atoms with Crippen LogP contribution in [0, 0.1) is 0 Å². The number of hydrogen-bond acceptors (Lipinski definition) is 2. The molecule has 0 heterocycles. The molecule has 3 heteroatoms. The Morgan fingerprint density at radius 3 is 2.44 bits per heavy atom. The number of unbranched alkanes of at least 4 members (excludes halogenated alkanes) is 2. The molecule has 0 aromatic rings. The van der Waals surface area contributed by atoms with Crippen LogP contribution in [-0.4, -0.2) is 35.1 Å². The minimum absolute atomic E-state index is 0.139. The van der Waals surface area contributed by atoms with Crippen molar-refractivity contribution >= 4 is 5.91 Å². The lowest BCUT2D eigenvalue weighted by Crippen LogP contribution is -2.40. The third-order valence-electron chi connectivity index (χ3n) is 3.60. The zero-order valence-electron chi connectivity index (χ0n) is 10.6. The molecule has 0 saturated heterocycles. The second kappa shape index (κ2) is 6.89. The van der Waals surface area contributed by atoms with Crippen LogP contribution in [0.1, 0.15) is 58.3 Å². The topological polar surface area (TPSA) is 40.5 Å². The second-order valence-electron chi connectivity index (χ2n) is 4.92. The highest BCUT2D eigenvalue weighted by molar-refractivity contribution is 5.76. The first kappa shape index (κ1) is 13.5. The molecular weight excluding hydrogens is 202 g/mol. The monoisotopic (exact) mass is 227 g/mol. The molecule has 94 valence electrons. The van der Waals surface area contributed by atoms with Gasteiger partial charge in [-0.25, -0.2) is 0 Å². The molecule has 0 aromatic carbocycles. The lowest BCUT2D eigenvalue weighted by Gasteiger charge is -2.33. The van der Waals surface area contributed by atoms with Gasteiger partial charge in [0.2, 0.25) is 5.91 Å². The van der Waals surface area contributed by atoms with E-state index < -0.39 is 0 Å². The van der Waals surface area contributed by atoms with Crippen LogP contribution in [-0.2, 0) is 4.79 Å². The van der Waals surface area contributed by atoms with Crippen molar-refractivity contribution in [1.29, 1.82) is 0 Å². The van der Waals surface area contributed by atoms with Crippen molar-refractivity contribution in [3.63, 3.8) is 0 Å². The summed E-state index contributed by atoms with van der Waals surface area (Å²) in [5.74, 6) is 0.273. The van der Waals surface area contributed by atoms with Gasteiger partial charge in [-0.3, -0.25) is 4.79 Å². The molecule has 0 atom stereocenters. The minimum atomic E-state index is -0.139. The first-order valence-electron chi connectivity index (χ1n) is 6.58. The first-order chi connectivity index (χ1) is 7.65. The van der Waals surface area contributed by atoms with Crippen molar-refractivity contribution in [2.75, 3.05) is 7.05 Å². The van der Waals surface area contributed by atoms with Crippen molar-refractivity contribution in [1.82, 2.24) is 4.90 Å². The van der Waals surface area contributed by atoms with Crippen LogP contribution in [0.15, 0.2) is 0 Å². The van der Waals surface area contributed by atoms with Crippen LogP contribution in [0.5, 0.6) is 0 Å². The maximum Gasteiger partial charge on any atom is 0.222 e. The molecule has 1 aliphatic carbocycles. The van der Waals surface area contributed by atoms with E-state index in [4.69, 9.17) is 0 Å². The van der Waals surface area contributed by atoms with Crippen LogP contribution >= 0.6 is 0 Å². The fraction of sp³-hybridized carbons (Fsp3) is 0.923. The number of amides is 1. The molecule has 1 amide bonds.